The molecule has 0 amide bonds. The molecule has 0 fully saturated rings. The van der Waals surface area contributed by atoms with Crippen LogP contribution in [0.2, 0.25) is 0 Å². The van der Waals surface area contributed by atoms with Crippen molar-refractivity contribution in [1.29, 1.82) is 5.26 Å². The number of aliphatic carboxylic acids is 1. The van der Waals surface area contributed by atoms with Gasteiger partial charge in [0.1, 0.15) is 12.2 Å². The molecule has 2 aromatic rings. The first-order valence-electron chi connectivity index (χ1n) is 9.45. The minimum atomic E-state index is -0.824. The van der Waals surface area contributed by atoms with Crippen LogP contribution in [-0.2, 0) is 11.2 Å². The van der Waals surface area contributed by atoms with E-state index in [4.69, 9.17) is 9.84 Å². The van der Waals surface area contributed by atoms with Crippen molar-refractivity contribution in [2.45, 2.75) is 38.3 Å². The molecule has 2 aromatic carbocycles. The standard InChI is InChI=1S/C22H25N3O3/c1-14(17-6-3-5-16(9-17)10-21(26)27)12-24-15(2)20-13-25-19-8-4-7-18(11-23)22(19)28-20/h3-9,14-15,20,24-25H,10,12-13H2,1-2H3,(H,26,27)/t14-,15-,20-/m1/s1. The zero-order chi connectivity index (χ0) is 20.1. The summed E-state index contributed by atoms with van der Waals surface area (Å²) in [5.41, 5.74) is 3.31. The minimum absolute atomic E-state index is 0.0343. The van der Waals surface area contributed by atoms with E-state index in [0.29, 0.717) is 17.9 Å². The van der Waals surface area contributed by atoms with Gasteiger partial charge in [-0.05, 0) is 36.1 Å². The molecule has 3 rings (SSSR count). The SMILES string of the molecule is C[C@H](CN[C@H](C)[C@H]1CNc2cccc(C#N)c2O1)c1cccc(CC(=O)O)c1. The molecule has 0 bridgehead atoms. The first-order chi connectivity index (χ1) is 13.5. The Morgan fingerprint density at radius 1 is 1.36 bits per heavy atom. The lowest BCUT2D eigenvalue weighted by atomic mass is 9.97. The Bertz CT molecular complexity index is 891. The van der Waals surface area contributed by atoms with Gasteiger partial charge in [0.25, 0.3) is 0 Å². The number of carboxylic acid groups (broad SMARTS) is 1. The van der Waals surface area contributed by atoms with Gasteiger partial charge >= 0.3 is 5.97 Å². The number of ether oxygens (including phenoxy) is 1. The van der Waals surface area contributed by atoms with Crippen molar-refractivity contribution in [3.63, 3.8) is 0 Å². The number of hydrogen-bond donors (Lipinski definition) is 3. The molecule has 0 saturated carbocycles. The van der Waals surface area contributed by atoms with Crippen molar-refractivity contribution < 1.29 is 14.6 Å². The summed E-state index contributed by atoms with van der Waals surface area (Å²) in [6.07, 6.45) is -0.0559. The van der Waals surface area contributed by atoms with Crippen LogP contribution in [0.1, 0.15) is 36.5 Å². The maximum atomic E-state index is 10.9. The summed E-state index contributed by atoms with van der Waals surface area (Å²) < 4.78 is 6.10. The average Bonchev–Trinajstić information content (AvgIpc) is 2.70. The number of nitrogens with one attached hydrogen (secondary N) is 2. The fourth-order valence-electron chi connectivity index (χ4n) is 3.37. The number of para-hydroxylation sites is 1. The Morgan fingerprint density at radius 2 is 2.14 bits per heavy atom. The zero-order valence-corrected chi connectivity index (χ0v) is 16.1. The molecule has 0 saturated heterocycles. The molecule has 1 aliphatic rings. The van der Waals surface area contributed by atoms with Crippen LogP contribution in [0.25, 0.3) is 0 Å². The second-order valence-electron chi connectivity index (χ2n) is 7.24. The highest BCUT2D eigenvalue weighted by Crippen LogP contribution is 2.33. The molecule has 3 N–H and O–H groups in total. The molecule has 6 heteroatoms. The van der Waals surface area contributed by atoms with Gasteiger partial charge in [-0.3, -0.25) is 4.79 Å². The molecular formula is C22H25N3O3. The maximum Gasteiger partial charge on any atom is 0.307 e. The summed E-state index contributed by atoms with van der Waals surface area (Å²) in [7, 11) is 0. The fraction of sp³-hybridized carbons (Fsp3) is 0.364. The highest BCUT2D eigenvalue weighted by molar-refractivity contribution is 5.70. The lowest BCUT2D eigenvalue weighted by Gasteiger charge is -2.32. The van der Waals surface area contributed by atoms with E-state index >= 15 is 0 Å². The van der Waals surface area contributed by atoms with Gasteiger partial charge in [0, 0.05) is 12.6 Å². The van der Waals surface area contributed by atoms with Crippen LogP contribution >= 0.6 is 0 Å². The van der Waals surface area contributed by atoms with Crippen LogP contribution in [-0.4, -0.2) is 36.3 Å². The molecular weight excluding hydrogens is 354 g/mol. The van der Waals surface area contributed by atoms with Gasteiger partial charge in [-0.2, -0.15) is 5.26 Å². The normalized spacial score (nSPS) is 17.4. The first-order valence-corrected chi connectivity index (χ1v) is 9.45. The highest BCUT2D eigenvalue weighted by Gasteiger charge is 2.26. The molecule has 0 unspecified atom stereocenters. The second-order valence-corrected chi connectivity index (χ2v) is 7.24. The average molecular weight is 379 g/mol. The van der Waals surface area contributed by atoms with Crippen LogP contribution in [0, 0.1) is 11.3 Å². The molecule has 6 nitrogen and oxygen atoms in total. The number of nitrogens with zero attached hydrogens (tertiary/aromatic N) is 1. The van der Waals surface area contributed by atoms with E-state index < -0.39 is 5.97 Å². The van der Waals surface area contributed by atoms with Gasteiger partial charge in [-0.25, -0.2) is 0 Å². The van der Waals surface area contributed by atoms with E-state index in [2.05, 4.69) is 30.6 Å². The first kappa shape index (κ1) is 19.7. The van der Waals surface area contributed by atoms with Gasteiger partial charge in [-0.1, -0.05) is 37.3 Å². The van der Waals surface area contributed by atoms with E-state index in [1.807, 2.05) is 36.4 Å². The summed E-state index contributed by atoms with van der Waals surface area (Å²) in [6.45, 7) is 5.59. The van der Waals surface area contributed by atoms with E-state index in [0.717, 1.165) is 23.4 Å². The Morgan fingerprint density at radius 3 is 2.89 bits per heavy atom. The summed E-state index contributed by atoms with van der Waals surface area (Å²) in [5.74, 6) is 0.0227. The van der Waals surface area contributed by atoms with Crippen molar-refractivity contribution >= 4 is 11.7 Å². The molecule has 3 atom stereocenters. The summed E-state index contributed by atoms with van der Waals surface area (Å²) >= 11 is 0. The molecule has 0 spiro atoms. The number of fused-ring (bicyclic) bond motifs is 1. The molecule has 146 valence electrons. The monoisotopic (exact) mass is 379 g/mol. The van der Waals surface area contributed by atoms with E-state index in [1.54, 1.807) is 6.07 Å². The number of benzene rings is 2. The smallest absolute Gasteiger partial charge is 0.307 e. The fourth-order valence-corrected chi connectivity index (χ4v) is 3.37. The predicted octanol–water partition coefficient (Wildman–Crippen LogP) is 3.14. The highest BCUT2D eigenvalue weighted by atomic mass is 16.5. The Hall–Kier alpha value is -3.04. The number of carboxylic acids is 1. The third-order valence-corrected chi connectivity index (χ3v) is 5.08. The van der Waals surface area contributed by atoms with Crippen LogP contribution in [0.3, 0.4) is 0 Å². The third kappa shape index (κ3) is 4.62. The van der Waals surface area contributed by atoms with Gasteiger partial charge < -0.3 is 20.5 Å². The van der Waals surface area contributed by atoms with Crippen LogP contribution in [0.4, 0.5) is 5.69 Å². The summed E-state index contributed by atoms with van der Waals surface area (Å²) in [4.78, 5) is 10.9. The molecule has 0 aliphatic carbocycles. The summed E-state index contributed by atoms with van der Waals surface area (Å²) in [5, 5.41) is 25.1. The number of anilines is 1. The van der Waals surface area contributed by atoms with Gasteiger partial charge in [0.05, 0.1) is 24.2 Å². The van der Waals surface area contributed by atoms with E-state index in [1.165, 1.54) is 0 Å². The molecule has 28 heavy (non-hydrogen) atoms. The molecule has 1 aliphatic heterocycles. The van der Waals surface area contributed by atoms with E-state index in [9.17, 15) is 10.1 Å². The van der Waals surface area contributed by atoms with Crippen LogP contribution < -0.4 is 15.4 Å². The van der Waals surface area contributed by atoms with Crippen molar-refractivity contribution in [2.24, 2.45) is 0 Å². The van der Waals surface area contributed by atoms with Crippen molar-refractivity contribution in [2.75, 3.05) is 18.4 Å². The molecule has 0 aromatic heterocycles. The number of carbonyl (C=O) groups is 1. The Labute approximate surface area is 165 Å². The molecule has 1 heterocycles. The Kier molecular flexibility index (Phi) is 6.17. The molecule has 0 radical (unpaired) electrons. The Balaban J connectivity index is 1.59. The second kappa shape index (κ2) is 8.77. The summed E-state index contributed by atoms with van der Waals surface area (Å²) in [6, 6.07) is 15.5. The van der Waals surface area contributed by atoms with Crippen molar-refractivity contribution in [1.82, 2.24) is 5.32 Å². The topological polar surface area (TPSA) is 94.4 Å². The predicted molar refractivity (Wildman–Crippen MR) is 108 cm³/mol. The van der Waals surface area contributed by atoms with Gasteiger partial charge in [0.2, 0.25) is 0 Å². The van der Waals surface area contributed by atoms with Gasteiger partial charge in [0.15, 0.2) is 5.75 Å². The minimum Gasteiger partial charge on any atom is -0.483 e. The van der Waals surface area contributed by atoms with Crippen LogP contribution in [0.5, 0.6) is 5.75 Å². The zero-order valence-electron chi connectivity index (χ0n) is 16.1. The largest absolute Gasteiger partial charge is 0.483 e. The van der Waals surface area contributed by atoms with Gasteiger partial charge in [-0.15, -0.1) is 0 Å². The number of nitriles is 1. The maximum absolute atomic E-state index is 10.9. The number of rotatable bonds is 7. The quantitative estimate of drug-likeness (QED) is 0.684. The lowest BCUT2D eigenvalue weighted by molar-refractivity contribution is -0.136. The van der Waals surface area contributed by atoms with Crippen LogP contribution in [0.15, 0.2) is 42.5 Å². The number of hydrogen-bond acceptors (Lipinski definition) is 5. The third-order valence-electron chi connectivity index (χ3n) is 5.08. The van der Waals surface area contributed by atoms with E-state index in [-0.39, 0.29) is 24.5 Å². The van der Waals surface area contributed by atoms with Crippen molar-refractivity contribution in [3.8, 4) is 11.8 Å². The lowest BCUT2D eigenvalue weighted by Crippen LogP contribution is -2.47. The van der Waals surface area contributed by atoms with Crippen molar-refractivity contribution in [3.05, 3.63) is 59.2 Å².